The summed E-state index contributed by atoms with van der Waals surface area (Å²) in [5, 5.41) is 17.4. The predicted octanol–water partition coefficient (Wildman–Crippen LogP) is 6.93. The molecule has 6 nitrogen and oxygen atoms in total. The lowest BCUT2D eigenvalue weighted by atomic mass is 9.91. The largest absolute Gasteiger partial charge is 0.416 e. The highest BCUT2D eigenvalue weighted by molar-refractivity contribution is 6.03. The van der Waals surface area contributed by atoms with Gasteiger partial charge in [0, 0.05) is 41.9 Å². The van der Waals surface area contributed by atoms with Crippen molar-refractivity contribution < 1.29 is 36.6 Å². The van der Waals surface area contributed by atoms with Crippen molar-refractivity contribution in [1.82, 2.24) is 15.5 Å². The first kappa shape index (κ1) is 35.5. The Morgan fingerprint density at radius 2 is 1.65 bits per heavy atom. The van der Waals surface area contributed by atoms with Crippen molar-refractivity contribution in [3.05, 3.63) is 106 Å². The average Bonchev–Trinajstić information content (AvgIpc) is 3.84. The summed E-state index contributed by atoms with van der Waals surface area (Å²) in [5.41, 5.74) is 0.426. The lowest BCUT2D eigenvalue weighted by Crippen LogP contribution is -2.50. The fourth-order valence-corrected chi connectivity index (χ4v) is 6.87. The van der Waals surface area contributed by atoms with E-state index in [0.717, 1.165) is 56.0 Å². The molecule has 1 saturated carbocycles. The number of carbonyl (C=O) groups is 2. The first-order valence-corrected chi connectivity index (χ1v) is 16.6. The van der Waals surface area contributed by atoms with Crippen LogP contribution in [0.3, 0.4) is 0 Å². The maximum Gasteiger partial charge on any atom is 0.416 e. The Labute approximate surface area is 277 Å². The van der Waals surface area contributed by atoms with Gasteiger partial charge >= 0.3 is 6.18 Å². The highest BCUT2D eigenvalue weighted by Gasteiger charge is 2.45. The average molecular weight is 672 g/mol. The number of benzene rings is 3. The van der Waals surface area contributed by atoms with Crippen LogP contribution in [0.4, 0.5) is 22.0 Å². The summed E-state index contributed by atoms with van der Waals surface area (Å²) in [5.74, 6) is -2.30. The van der Waals surface area contributed by atoms with Gasteiger partial charge in [-0.3, -0.25) is 9.59 Å². The highest BCUT2D eigenvalue weighted by atomic mass is 19.4. The van der Waals surface area contributed by atoms with Gasteiger partial charge in [-0.05, 0) is 91.6 Å². The van der Waals surface area contributed by atoms with Gasteiger partial charge in [0.05, 0.1) is 17.7 Å². The predicted molar refractivity (Wildman–Crippen MR) is 172 cm³/mol. The van der Waals surface area contributed by atoms with E-state index in [-0.39, 0.29) is 36.0 Å². The minimum Gasteiger partial charge on any atom is -0.390 e. The molecule has 1 fully saturated rings. The summed E-state index contributed by atoms with van der Waals surface area (Å²) in [6, 6.07) is 12.1. The number of halogens is 5. The van der Waals surface area contributed by atoms with Gasteiger partial charge in [-0.25, -0.2) is 8.78 Å². The van der Waals surface area contributed by atoms with Crippen molar-refractivity contribution in [3.63, 3.8) is 0 Å². The smallest absolute Gasteiger partial charge is 0.390 e. The third kappa shape index (κ3) is 8.06. The Hall–Kier alpha value is -3.83. The summed E-state index contributed by atoms with van der Waals surface area (Å²) in [6.45, 7) is 4.52. The number of nitrogens with one attached hydrogen (secondary N) is 2. The molecule has 0 unspecified atom stereocenters. The number of amides is 2. The number of nitrogens with zero attached hydrogens (tertiary/aromatic N) is 1. The van der Waals surface area contributed by atoms with Gasteiger partial charge in [0.1, 0.15) is 11.6 Å². The van der Waals surface area contributed by atoms with Crippen molar-refractivity contribution in [2.45, 2.75) is 95.1 Å². The van der Waals surface area contributed by atoms with Gasteiger partial charge in [-0.1, -0.05) is 44.9 Å². The molecule has 1 aliphatic heterocycles. The van der Waals surface area contributed by atoms with E-state index < -0.39 is 47.0 Å². The van der Waals surface area contributed by atoms with Gasteiger partial charge in [-0.2, -0.15) is 13.2 Å². The molecule has 0 spiro atoms. The van der Waals surface area contributed by atoms with Gasteiger partial charge in [0.2, 0.25) is 0 Å². The Morgan fingerprint density at radius 3 is 2.27 bits per heavy atom. The second kappa shape index (κ2) is 14.7. The van der Waals surface area contributed by atoms with Gasteiger partial charge in [0.15, 0.2) is 0 Å². The van der Waals surface area contributed by atoms with Crippen LogP contribution in [0.2, 0.25) is 0 Å². The number of carbonyl (C=O) groups excluding carboxylic acids is 2. The van der Waals surface area contributed by atoms with Crippen molar-refractivity contribution in [2.24, 2.45) is 0 Å². The van der Waals surface area contributed by atoms with E-state index in [1.807, 2.05) is 4.90 Å². The molecule has 3 aromatic rings. The van der Waals surface area contributed by atoms with Gasteiger partial charge in [0.25, 0.3) is 11.8 Å². The monoisotopic (exact) mass is 671 g/mol. The van der Waals surface area contributed by atoms with E-state index in [1.165, 1.54) is 6.07 Å². The molecule has 2 aliphatic rings. The number of hydrogen-bond acceptors (Lipinski definition) is 4. The van der Waals surface area contributed by atoms with Crippen LogP contribution in [-0.4, -0.2) is 53.1 Å². The lowest BCUT2D eigenvalue weighted by Gasteiger charge is -2.36. The van der Waals surface area contributed by atoms with Crippen molar-refractivity contribution >= 4 is 11.8 Å². The number of alkyl halides is 3. The Kier molecular flexibility index (Phi) is 10.9. The lowest BCUT2D eigenvalue weighted by molar-refractivity contribution is -0.137. The first-order chi connectivity index (χ1) is 22.8. The van der Waals surface area contributed by atoms with Crippen LogP contribution in [0.1, 0.15) is 95.3 Å². The number of aliphatic hydroxyl groups excluding tert-OH is 1. The molecule has 3 aromatic carbocycles. The molecular weight excluding hydrogens is 629 g/mol. The summed E-state index contributed by atoms with van der Waals surface area (Å²) < 4.78 is 68.4. The van der Waals surface area contributed by atoms with E-state index in [2.05, 4.69) is 24.5 Å². The zero-order chi connectivity index (χ0) is 34.6. The maximum atomic E-state index is 14.1. The molecule has 0 radical (unpaired) electrons. The summed E-state index contributed by atoms with van der Waals surface area (Å²) in [7, 11) is 0. The van der Waals surface area contributed by atoms with Gasteiger partial charge < -0.3 is 20.6 Å². The van der Waals surface area contributed by atoms with Crippen LogP contribution in [0, 0.1) is 11.6 Å². The maximum absolute atomic E-state index is 14.1. The van der Waals surface area contributed by atoms with E-state index in [9.17, 15) is 36.6 Å². The second-order valence-corrected chi connectivity index (χ2v) is 13.0. The molecule has 2 atom stereocenters. The third-order valence-electron chi connectivity index (χ3n) is 9.50. The van der Waals surface area contributed by atoms with Gasteiger partial charge in [-0.15, -0.1) is 0 Å². The molecule has 258 valence electrons. The molecule has 48 heavy (non-hydrogen) atoms. The molecule has 0 aromatic heterocycles. The zero-order valence-electron chi connectivity index (χ0n) is 27.2. The Morgan fingerprint density at radius 1 is 0.979 bits per heavy atom. The molecule has 3 N–H and O–H groups in total. The number of rotatable bonds is 14. The zero-order valence-corrected chi connectivity index (χ0v) is 27.2. The van der Waals surface area contributed by atoms with Crippen molar-refractivity contribution in [2.75, 3.05) is 13.1 Å². The summed E-state index contributed by atoms with van der Waals surface area (Å²) >= 11 is 0. The molecule has 5 rings (SSSR count). The molecule has 1 aliphatic carbocycles. The van der Waals surface area contributed by atoms with Crippen molar-refractivity contribution in [1.29, 1.82) is 0 Å². The van der Waals surface area contributed by atoms with E-state index in [4.69, 9.17) is 0 Å². The molecular formula is C37H42F5N3O3. The normalized spacial score (nSPS) is 16.9. The van der Waals surface area contributed by atoms with Crippen LogP contribution >= 0.6 is 0 Å². The van der Waals surface area contributed by atoms with Crippen LogP contribution in [0.25, 0.3) is 0 Å². The Bertz CT molecular complexity index is 1600. The molecule has 0 saturated heterocycles. The Balaban J connectivity index is 1.37. The molecule has 0 bridgehead atoms. The van der Waals surface area contributed by atoms with Crippen LogP contribution < -0.4 is 10.6 Å². The van der Waals surface area contributed by atoms with Crippen LogP contribution in [0.15, 0.2) is 60.7 Å². The van der Waals surface area contributed by atoms with E-state index in [1.54, 1.807) is 24.3 Å². The SMILES string of the molecule is CCCC(CCC)N1CCc2c(C(=O)N[C@@H](Cc3cc(F)cc(F)c3)[C@H](O)CNC3(c4cccc(C(F)(F)F)c4)CC3)cccc2C1=O. The number of hydrogen-bond donors (Lipinski definition) is 3. The topological polar surface area (TPSA) is 81.7 Å². The summed E-state index contributed by atoms with van der Waals surface area (Å²) in [6.07, 6.45) is -0.696. The second-order valence-electron chi connectivity index (χ2n) is 13.0. The van der Waals surface area contributed by atoms with E-state index in [0.29, 0.717) is 42.5 Å². The van der Waals surface area contributed by atoms with Crippen molar-refractivity contribution in [3.8, 4) is 0 Å². The number of aliphatic hydroxyl groups is 1. The van der Waals surface area contributed by atoms with E-state index >= 15 is 0 Å². The third-order valence-corrected chi connectivity index (χ3v) is 9.50. The number of fused-ring (bicyclic) bond motifs is 1. The standard InChI is InChI=1S/C37H42F5N3O3/c1-3-7-28(8-4-2)45-16-13-29-30(11-6-12-31(29)35(45)48)34(47)44-32(19-23-17-26(38)21-27(39)18-23)33(46)22-43-36(14-15-36)24-9-5-10-25(20-24)37(40,41)42/h5-6,9-12,17-18,20-21,28,32-33,43,46H,3-4,7-8,13-16,19,22H2,1-2H3,(H,44,47)/t32-,33+/m0/s1. The fraction of sp³-hybridized carbons (Fsp3) is 0.459. The minimum atomic E-state index is -4.51. The highest BCUT2D eigenvalue weighted by Crippen LogP contribution is 2.46. The fourth-order valence-electron chi connectivity index (χ4n) is 6.87. The molecule has 1 heterocycles. The minimum absolute atomic E-state index is 0.113. The van der Waals surface area contributed by atoms with Crippen LogP contribution in [-0.2, 0) is 24.6 Å². The molecule has 11 heteroatoms. The first-order valence-electron chi connectivity index (χ1n) is 16.6. The van der Waals surface area contributed by atoms with Crippen LogP contribution in [0.5, 0.6) is 0 Å². The quantitative estimate of drug-likeness (QED) is 0.163. The molecule has 2 amide bonds. The summed E-state index contributed by atoms with van der Waals surface area (Å²) in [4.78, 5) is 29.3.